The van der Waals surface area contributed by atoms with Gasteiger partial charge in [-0.1, -0.05) is 40.0 Å². The Morgan fingerprint density at radius 3 is 1.50 bits per heavy atom. The van der Waals surface area contributed by atoms with Crippen LogP contribution in [0.3, 0.4) is 0 Å². The van der Waals surface area contributed by atoms with Crippen molar-refractivity contribution in [1.82, 2.24) is 0 Å². The van der Waals surface area contributed by atoms with Crippen molar-refractivity contribution in [3.8, 4) is 0 Å². The van der Waals surface area contributed by atoms with Crippen LogP contribution in [0.25, 0.3) is 0 Å². The Morgan fingerprint density at radius 2 is 1.17 bits per heavy atom. The predicted octanol–water partition coefficient (Wildman–Crippen LogP) is 4.48. The molecule has 0 aromatic carbocycles. The van der Waals surface area contributed by atoms with E-state index in [4.69, 9.17) is 0 Å². The molecule has 0 unspecified atom stereocenters. The summed E-state index contributed by atoms with van der Waals surface area (Å²) in [6, 6.07) is 0. The molecule has 0 radical (unpaired) electrons. The van der Waals surface area contributed by atoms with E-state index in [-0.39, 0.29) is 0 Å². The van der Waals surface area contributed by atoms with Gasteiger partial charge in [0, 0.05) is 0 Å². The largest absolute Gasteiger partial charge is 0.107 e. The average Bonchev–Trinajstić information content (AvgIpc) is 2.10. The normalized spacial score (nSPS) is 11.0. The molecule has 12 heavy (non-hydrogen) atoms. The molecule has 0 N–H and O–H groups in total. The summed E-state index contributed by atoms with van der Waals surface area (Å²) in [5.74, 6) is 0. The highest BCUT2D eigenvalue weighted by molar-refractivity contribution is 7.57. The van der Waals surface area contributed by atoms with E-state index in [0.717, 1.165) is 0 Å². The van der Waals surface area contributed by atoms with Gasteiger partial charge >= 0.3 is 0 Å². The lowest BCUT2D eigenvalue weighted by molar-refractivity contribution is 0.863. The summed E-state index contributed by atoms with van der Waals surface area (Å²) in [7, 11) is 0.427. The number of rotatable bonds is 8. The van der Waals surface area contributed by atoms with Crippen LogP contribution >= 0.6 is 7.92 Å². The third-order valence-electron chi connectivity index (χ3n) is 2.20. The molecule has 1 heteroatoms. The molecular weight excluding hydrogens is 163 g/mol. The Hall–Kier alpha value is 0.430. The molecule has 0 rings (SSSR count). The first-order valence-corrected chi connectivity index (χ1v) is 7.47. The van der Waals surface area contributed by atoms with Crippen molar-refractivity contribution in [2.45, 2.75) is 52.9 Å². The van der Waals surface area contributed by atoms with Crippen LogP contribution in [0, 0.1) is 0 Å². The van der Waals surface area contributed by atoms with Gasteiger partial charge in [0.1, 0.15) is 0 Å². The molecule has 0 aromatic heterocycles. The summed E-state index contributed by atoms with van der Waals surface area (Å²) >= 11 is 0. The van der Waals surface area contributed by atoms with Gasteiger partial charge in [0.05, 0.1) is 0 Å². The van der Waals surface area contributed by atoms with Gasteiger partial charge in [-0.05, 0) is 31.3 Å². The molecule has 0 aromatic rings. The smallest absolute Gasteiger partial charge is 0.0326 e. The van der Waals surface area contributed by atoms with Gasteiger partial charge in [0.25, 0.3) is 0 Å². The van der Waals surface area contributed by atoms with Crippen molar-refractivity contribution in [1.29, 1.82) is 0 Å². The Bertz CT molecular complexity index is 73.1. The van der Waals surface area contributed by atoms with Crippen molar-refractivity contribution < 1.29 is 0 Å². The van der Waals surface area contributed by atoms with Crippen LogP contribution in [0.5, 0.6) is 0 Å². The van der Waals surface area contributed by atoms with Crippen LogP contribution in [0.1, 0.15) is 52.9 Å². The number of unbranched alkanes of at least 4 members (excludes halogenated alkanes) is 2. The van der Waals surface area contributed by atoms with E-state index in [1.807, 2.05) is 0 Å². The standard InChI is InChI=1S/C11H25P/c1-4-7-10-12(9-6-3)11-8-5-2/h4-11H2,1-3H3. The van der Waals surface area contributed by atoms with Crippen LogP contribution in [-0.2, 0) is 0 Å². The first kappa shape index (κ1) is 12.4. The minimum Gasteiger partial charge on any atom is -0.107 e. The van der Waals surface area contributed by atoms with E-state index < -0.39 is 0 Å². The lowest BCUT2D eigenvalue weighted by atomic mass is 10.4. The Labute approximate surface area is 79.9 Å². The van der Waals surface area contributed by atoms with Gasteiger partial charge in [-0.3, -0.25) is 0 Å². The SMILES string of the molecule is CCCCP(CCC)CCCC. The molecule has 0 nitrogen and oxygen atoms in total. The predicted molar refractivity (Wildman–Crippen MR) is 61.6 cm³/mol. The minimum absolute atomic E-state index is 0.427. The highest BCUT2D eigenvalue weighted by Crippen LogP contribution is 2.38. The quantitative estimate of drug-likeness (QED) is 0.493. The monoisotopic (exact) mass is 188 g/mol. The first-order chi connectivity index (χ1) is 5.85. The maximum atomic E-state index is 2.33. The van der Waals surface area contributed by atoms with Crippen LogP contribution in [0.4, 0.5) is 0 Å². The molecule has 0 aliphatic rings. The van der Waals surface area contributed by atoms with Crippen molar-refractivity contribution in [3.63, 3.8) is 0 Å². The summed E-state index contributed by atoms with van der Waals surface area (Å²) in [6.07, 6.45) is 11.7. The minimum atomic E-state index is 0.427. The van der Waals surface area contributed by atoms with Crippen LogP contribution in [0.15, 0.2) is 0 Å². The third kappa shape index (κ3) is 7.10. The average molecular weight is 188 g/mol. The highest BCUT2D eigenvalue weighted by Gasteiger charge is 2.04. The van der Waals surface area contributed by atoms with Crippen molar-refractivity contribution in [2.75, 3.05) is 18.5 Å². The Kier molecular flexibility index (Phi) is 9.86. The Balaban J connectivity index is 3.40. The molecule has 0 spiro atoms. The molecular formula is C11H25P. The van der Waals surface area contributed by atoms with Gasteiger partial charge in [-0.15, -0.1) is 7.92 Å². The van der Waals surface area contributed by atoms with Gasteiger partial charge in [0.2, 0.25) is 0 Å². The lowest BCUT2D eigenvalue weighted by Gasteiger charge is -2.15. The lowest BCUT2D eigenvalue weighted by Crippen LogP contribution is -1.94. The summed E-state index contributed by atoms with van der Waals surface area (Å²) < 4.78 is 0. The fraction of sp³-hybridized carbons (Fsp3) is 1.00. The second kappa shape index (κ2) is 9.52. The molecule has 0 saturated heterocycles. The number of hydrogen-bond donors (Lipinski definition) is 0. The molecule has 0 amide bonds. The second-order valence-electron chi connectivity index (χ2n) is 3.55. The van der Waals surface area contributed by atoms with Gasteiger partial charge in [-0.2, -0.15) is 0 Å². The fourth-order valence-electron chi connectivity index (χ4n) is 1.42. The summed E-state index contributed by atoms with van der Waals surface area (Å²) in [5, 5.41) is 0. The molecule has 0 atom stereocenters. The van der Waals surface area contributed by atoms with Gasteiger partial charge < -0.3 is 0 Å². The van der Waals surface area contributed by atoms with Crippen LogP contribution in [-0.4, -0.2) is 18.5 Å². The molecule has 74 valence electrons. The second-order valence-corrected chi connectivity index (χ2v) is 6.23. The highest BCUT2D eigenvalue weighted by atomic mass is 31.1. The van der Waals surface area contributed by atoms with Crippen LogP contribution in [0.2, 0.25) is 0 Å². The third-order valence-corrected chi connectivity index (χ3v) is 5.17. The zero-order valence-corrected chi connectivity index (χ0v) is 10.00. The van der Waals surface area contributed by atoms with E-state index >= 15 is 0 Å². The molecule has 0 saturated carbocycles. The molecule has 0 heterocycles. The summed E-state index contributed by atoms with van der Waals surface area (Å²) in [5.41, 5.74) is 0. The molecule has 0 bridgehead atoms. The maximum absolute atomic E-state index is 2.33. The van der Waals surface area contributed by atoms with Crippen molar-refractivity contribution >= 4 is 7.92 Å². The molecule has 0 aliphatic carbocycles. The molecule has 0 fully saturated rings. The first-order valence-electron chi connectivity index (χ1n) is 5.57. The topological polar surface area (TPSA) is 0 Å². The molecule has 0 aliphatic heterocycles. The van der Waals surface area contributed by atoms with E-state index in [0.29, 0.717) is 7.92 Å². The van der Waals surface area contributed by atoms with E-state index in [2.05, 4.69) is 20.8 Å². The summed E-state index contributed by atoms with van der Waals surface area (Å²) in [4.78, 5) is 0. The van der Waals surface area contributed by atoms with E-state index in [9.17, 15) is 0 Å². The van der Waals surface area contributed by atoms with Crippen LogP contribution < -0.4 is 0 Å². The van der Waals surface area contributed by atoms with Gasteiger partial charge in [0.15, 0.2) is 0 Å². The maximum Gasteiger partial charge on any atom is -0.0326 e. The van der Waals surface area contributed by atoms with Crippen molar-refractivity contribution in [2.24, 2.45) is 0 Å². The zero-order chi connectivity index (χ0) is 9.23. The number of hydrogen-bond acceptors (Lipinski definition) is 0. The summed E-state index contributed by atoms with van der Waals surface area (Å²) in [6.45, 7) is 6.94. The zero-order valence-electron chi connectivity index (χ0n) is 9.10. The fourth-order valence-corrected chi connectivity index (χ4v) is 4.25. The van der Waals surface area contributed by atoms with E-state index in [1.165, 1.54) is 38.3 Å². The Morgan fingerprint density at radius 1 is 0.667 bits per heavy atom. The van der Waals surface area contributed by atoms with E-state index in [1.54, 1.807) is 12.3 Å². The van der Waals surface area contributed by atoms with Gasteiger partial charge in [-0.25, -0.2) is 0 Å². The van der Waals surface area contributed by atoms with Crippen molar-refractivity contribution in [3.05, 3.63) is 0 Å².